The zero-order valence-electron chi connectivity index (χ0n) is 16.2. The summed E-state index contributed by atoms with van der Waals surface area (Å²) in [5.41, 5.74) is 0. The zero-order chi connectivity index (χ0) is 17.8. The molecule has 5 heteroatoms. The summed E-state index contributed by atoms with van der Waals surface area (Å²) >= 11 is 0. The van der Waals surface area contributed by atoms with Gasteiger partial charge < -0.3 is 14.4 Å². The Morgan fingerprint density at radius 2 is 1.92 bits per heavy atom. The van der Waals surface area contributed by atoms with E-state index in [-0.39, 0.29) is 6.61 Å². The number of nitrogens with zero attached hydrogens (tertiary/aromatic N) is 3. The molecule has 0 radical (unpaired) electrons. The maximum Gasteiger partial charge on any atom is 0.118 e. The van der Waals surface area contributed by atoms with Gasteiger partial charge in [0.15, 0.2) is 0 Å². The number of hydrogen-bond donors (Lipinski definition) is 1. The summed E-state index contributed by atoms with van der Waals surface area (Å²) in [5, 5.41) is 9.56. The van der Waals surface area contributed by atoms with Gasteiger partial charge in [-0.25, -0.2) is 0 Å². The van der Waals surface area contributed by atoms with Crippen LogP contribution in [-0.4, -0.2) is 77.3 Å². The molecule has 1 atom stereocenters. The van der Waals surface area contributed by atoms with Gasteiger partial charge in [-0.1, -0.05) is 0 Å². The highest BCUT2D eigenvalue weighted by Gasteiger charge is 2.34. The second-order valence-corrected chi connectivity index (χ2v) is 8.01. The molecule has 0 aliphatic carbocycles. The molecule has 3 heterocycles. The van der Waals surface area contributed by atoms with Gasteiger partial charge in [0.25, 0.3) is 0 Å². The van der Waals surface area contributed by atoms with Crippen molar-refractivity contribution in [1.29, 1.82) is 0 Å². The number of rotatable bonds is 6. The minimum atomic E-state index is 0.277. The van der Waals surface area contributed by atoms with Crippen LogP contribution in [0.1, 0.15) is 44.6 Å². The van der Waals surface area contributed by atoms with Crippen molar-refractivity contribution in [3.63, 3.8) is 0 Å². The van der Waals surface area contributed by atoms with E-state index in [2.05, 4.69) is 34.6 Å². The maximum absolute atomic E-state index is 9.56. The lowest BCUT2D eigenvalue weighted by Crippen LogP contribution is -2.58. The third-order valence-corrected chi connectivity index (χ3v) is 5.95. The van der Waals surface area contributed by atoms with E-state index in [0.29, 0.717) is 18.1 Å². The van der Waals surface area contributed by atoms with Crippen molar-refractivity contribution < 1.29 is 9.52 Å². The Bertz CT molecular complexity index is 523. The number of aliphatic hydroxyl groups excluding tert-OH is 1. The van der Waals surface area contributed by atoms with Gasteiger partial charge in [-0.05, 0) is 65.3 Å². The van der Waals surface area contributed by atoms with Gasteiger partial charge in [0, 0.05) is 44.4 Å². The molecule has 0 amide bonds. The molecule has 1 aromatic heterocycles. The molecule has 1 aromatic rings. The Labute approximate surface area is 152 Å². The van der Waals surface area contributed by atoms with Gasteiger partial charge in [0.1, 0.15) is 11.5 Å². The molecule has 2 saturated heterocycles. The van der Waals surface area contributed by atoms with Gasteiger partial charge in [0.2, 0.25) is 0 Å². The monoisotopic (exact) mass is 349 g/mol. The highest BCUT2D eigenvalue weighted by atomic mass is 16.3. The largest absolute Gasteiger partial charge is 0.465 e. The van der Waals surface area contributed by atoms with Crippen LogP contribution in [0.4, 0.5) is 0 Å². The molecule has 0 saturated carbocycles. The van der Waals surface area contributed by atoms with E-state index in [0.717, 1.165) is 44.1 Å². The number of aliphatic hydroxyl groups is 1. The molecule has 25 heavy (non-hydrogen) atoms. The molecule has 0 aromatic carbocycles. The van der Waals surface area contributed by atoms with Crippen LogP contribution in [0.25, 0.3) is 0 Å². The summed E-state index contributed by atoms with van der Waals surface area (Å²) in [4.78, 5) is 7.77. The smallest absolute Gasteiger partial charge is 0.118 e. The number of piperidine rings is 1. The first-order chi connectivity index (χ1) is 12.1. The Hall–Kier alpha value is -0.880. The van der Waals surface area contributed by atoms with Gasteiger partial charge in [-0.2, -0.15) is 0 Å². The SMILES string of the molecule is Cc1ccc(CN2CCN(C3CCN(C(C)C)CC3)[C@@H](CCO)C2)o1. The molecule has 3 rings (SSSR count). The van der Waals surface area contributed by atoms with E-state index in [1.807, 2.05) is 13.0 Å². The Morgan fingerprint density at radius 1 is 1.16 bits per heavy atom. The highest BCUT2D eigenvalue weighted by molar-refractivity contribution is 5.05. The van der Waals surface area contributed by atoms with Crippen molar-refractivity contribution in [3.05, 3.63) is 23.7 Å². The van der Waals surface area contributed by atoms with Crippen molar-refractivity contribution in [2.45, 2.75) is 64.7 Å². The zero-order valence-corrected chi connectivity index (χ0v) is 16.2. The van der Waals surface area contributed by atoms with Crippen molar-refractivity contribution in [1.82, 2.24) is 14.7 Å². The molecule has 2 aliphatic rings. The lowest BCUT2D eigenvalue weighted by Gasteiger charge is -2.48. The second-order valence-electron chi connectivity index (χ2n) is 8.01. The average Bonchev–Trinajstić information content (AvgIpc) is 3.00. The summed E-state index contributed by atoms with van der Waals surface area (Å²) in [6.45, 7) is 13.4. The van der Waals surface area contributed by atoms with E-state index in [1.54, 1.807) is 0 Å². The topological polar surface area (TPSA) is 43.1 Å². The van der Waals surface area contributed by atoms with Crippen LogP contribution in [0.2, 0.25) is 0 Å². The molecule has 1 N–H and O–H groups in total. The van der Waals surface area contributed by atoms with Gasteiger partial charge in [-0.15, -0.1) is 0 Å². The fourth-order valence-electron chi connectivity index (χ4n) is 4.49. The Balaban J connectivity index is 1.56. The first-order valence-electron chi connectivity index (χ1n) is 9.95. The van der Waals surface area contributed by atoms with Crippen molar-refractivity contribution in [2.24, 2.45) is 0 Å². The second kappa shape index (κ2) is 8.67. The molecular weight excluding hydrogens is 314 g/mol. The van der Waals surface area contributed by atoms with Crippen LogP contribution in [-0.2, 0) is 6.54 Å². The highest BCUT2D eigenvalue weighted by Crippen LogP contribution is 2.25. The predicted octanol–water partition coefficient (Wildman–Crippen LogP) is 2.33. The summed E-state index contributed by atoms with van der Waals surface area (Å²) in [6.07, 6.45) is 3.40. The van der Waals surface area contributed by atoms with Crippen LogP contribution in [0, 0.1) is 6.92 Å². The molecular formula is C20H35N3O2. The molecule has 142 valence electrons. The quantitative estimate of drug-likeness (QED) is 0.854. The third kappa shape index (κ3) is 4.85. The van der Waals surface area contributed by atoms with Crippen LogP contribution in [0.15, 0.2) is 16.5 Å². The lowest BCUT2D eigenvalue weighted by atomic mass is 9.97. The summed E-state index contributed by atoms with van der Waals surface area (Å²) in [7, 11) is 0. The van der Waals surface area contributed by atoms with E-state index in [1.165, 1.54) is 25.9 Å². The third-order valence-electron chi connectivity index (χ3n) is 5.95. The minimum absolute atomic E-state index is 0.277. The van der Waals surface area contributed by atoms with Crippen LogP contribution < -0.4 is 0 Å². The van der Waals surface area contributed by atoms with E-state index < -0.39 is 0 Å². The number of likely N-dealkylation sites (tertiary alicyclic amines) is 1. The van der Waals surface area contributed by atoms with Gasteiger partial charge >= 0.3 is 0 Å². The van der Waals surface area contributed by atoms with Crippen LogP contribution in [0.5, 0.6) is 0 Å². The van der Waals surface area contributed by atoms with Gasteiger partial charge in [0.05, 0.1) is 6.54 Å². The average molecular weight is 350 g/mol. The first kappa shape index (κ1) is 18.9. The molecule has 2 aliphatic heterocycles. The van der Waals surface area contributed by atoms with E-state index in [4.69, 9.17) is 4.42 Å². The van der Waals surface area contributed by atoms with Crippen LogP contribution in [0.3, 0.4) is 0 Å². The minimum Gasteiger partial charge on any atom is -0.465 e. The number of hydrogen-bond acceptors (Lipinski definition) is 5. The fraction of sp³-hybridized carbons (Fsp3) is 0.800. The summed E-state index contributed by atoms with van der Waals surface area (Å²) in [6, 6.07) is 5.93. The fourth-order valence-corrected chi connectivity index (χ4v) is 4.49. The van der Waals surface area contributed by atoms with Crippen LogP contribution >= 0.6 is 0 Å². The molecule has 5 nitrogen and oxygen atoms in total. The maximum atomic E-state index is 9.56. The summed E-state index contributed by atoms with van der Waals surface area (Å²) in [5.74, 6) is 2.04. The van der Waals surface area contributed by atoms with Gasteiger partial charge in [-0.3, -0.25) is 9.80 Å². The van der Waals surface area contributed by atoms with Crippen molar-refractivity contribution in [3.8, 4) is 0 Å². The van der Waals surface area contributed by atoms with E-state index >= 15 is 0 Å². The lowest BCUT2D eigenvalue weighted by molar-refractivity contribution is -0.00166. The molecule has 0 unspecified atom stereocenters. The molecule has 0 bridgehead atoms. The van der Waals surface area contributed by atoms with Crippen molar-refractivity contribution >= 4 is 0 Å². The first-order valence-corrected chi connectivity index (χ1v) is 9.95. The number of furan rings is 1. The number of aryl methyl sites for hydroxylation is 1. The Morgan fingerprint density at radius 3 is 2.52 bits per heavy atom. The standard InChI is InChI=1S/C20H35N3O2/c1-16(2)22-9-6-18(7-10-22)23-12-11-21(14-19(23)8-13-24)15-20-5-4-17(3)25-20/h4-5,16,18-19,24H,6-15H2,1-3H3/t19-/m0/s1. The summed E-state index contributed by atoms with van der Waals surface area (Å²) < 4.78 is 5.75. The molecule has 0 spiro atoms. The molecule has 2 fully saturated rings. The van der Waals surface area contributed by atoms with Crippen molar-refractivity contribution in [2.75, 3.05) is 39.3 Å². The number of piperazine rings is 1. The Kier molecular flexibility index (Phi) is 6.55. The predicted molar refractivity (Wildman–Crippen MR) is 101 cm³/mol. The van der Waals surface area contributed by atoms with E-state index in [9.17, 15) is 5.11 Å². The normalized spacial score (nSPS) is 25.1.